The Labute approximate surface area is 251 Å². The molecule has 1 aromatic heterocycles. The van der Waals surface area contributed by atoms with Gasteiger partial charge in [-0.25, -0.2) is 37.2 Å². The molecule has 4 aromatic rings. The van der Waals surface area contributed by atoms with Crippen molar-refractivity contribution in [3.63, 3.8) is 0 Å². The molecule has 1 N–H and O–H groups in total. The van der Waals surface area contributed by atoms with E-state index in [0.29, 0.717) is 11.3 Å². The van der Waals surface area contributed by atoms with E-state index in [1.165, 1.54) is 28.9 Å². The van der Waals surface area contributed by atoms with E-state index in [-0.39, 0.29) is 17.8 Å². The molecule has 3 aliphatic rings. The number of carbonyl (C=O) groups is 2. The lowest BCUT2D eigenvalue weighted by atomic mass is 9.64. The topological polar surface area (TPSA) is 107 Å². The van der Waals surface area contributed by atoms with Gasteiger partial charge in [-0.05, 0) is 48.0 Å². The number of aromatic nitrogens is 3. The lowest BCUT2D eigenvalue weighted by Crippen LogP contribution is -2.59. The molecule has 2 aliphatic heterocycles. The Morgan fingerprint density at radius 3 is 2.21 bits per heavy atom. The fourth-order valence-electron chi connectivity index (χ4n) is 6.57. The number of allylic oxidation sites excluding steroid dienone is 2. The summed E-state index contributed by atoms with van der Waals surface area (Å²) in [5.41, 5.74) is -0.918. The summed E-state index contributed by atoms with van der Waals surface area (Å²) >= 11 is 14.4. The molecule has 0 bridgehead atoms. The second kappa shape index (κ2) is 9.26. The van der Waals surface area contributed by atoms with E-state index in [1.54, 1.807) is 36.4 Å². The van der Waals surface area contributed by atoms with E-state index >= 15 is 0 Å². The second-order valence-electron chi connectivity index (χ2n) is 10.6. The monoisotopic (exact) mass is 624 g/mol. The lowest BCUT2D eigenvalue weighted by molar-refractivity contribution is -0.122. The second-order valence-corrected chi connectivity index (χ2v) is 11.9. The van der Waals surface area contributed by atoms with Gasteiger partial charge in [-0.1, -0.05) is 36.4 Å². The van der Waals surface area contributed by atoms with Gasteiger partial charge in [0.25, 0.3) is 11.8 Å². The molecule has 4 unspecified atom stereocenters. The molecule has 1 aliphatic carbocycles. The predicted octanol–water partition coefficient (Wildman–Crippen LogP) is 3.98. The standard InChI is InChI=1S/C30H20Cl2F2N4O5/c31-29-15-22-19(13-14-35-27(42)37(28(43)38(22)35)17-5-2-1-3-6-17)23(20-7-4-8-21(34)24(20)39)30(29,32)26(41)36(25(29)40)18-11-9-16(33)10-12-18/h1-13,22-23,39H,14-15H2. The molecular formula is C30H20Cl2F2N4O5. The number of hydrogen-bond donors (Lipinski definition) is 1. The Morgan fingerprint density at radius 2 is 1.51 bits per heavy atom. The molecule has 7 rings (SSSR count). The Morgan fingerprint density at radius 1 is 0.814 bits per heavy atom. The summed E-state index contributed by atoms with van der Waals surface area (Å²) in [6.45, 7) is -0.127. The van der Waals surface area contributed by atoms with Crippen molar-refractivity contribution in [2.45, 2.75) is 34.7 Å². The van der Waals surface area contributed by atoms with Crippen LogP contribution in [0.2, 0.25) is 0 Å². The molecule has 4 atom stereocenters. The fourth-order valence-corrected chi connectivity index (χ4v) is 7.48. The molecule has 13 heteroatoms. The zero-order chi connectivity index (χ0) is 30.4. The van der Waals surface area contributed by atoms with E-state index in [1.807, 2.05) is 0 Å². The van der Waals surface area contributed by atoms with Crippen LogP contribution in [-0.2, 0) is 16.1 Å². The van der Waals surface area contributed by atoms with Crippen LogP contribution < -0.4 is 16.3 Å². The number of phenolic OH excluding ortho intramolecular Hbond substituents is 1. The first-order valence-corrected chi connectivity index (χ1v) is 14.0. The SMILES string of the molecule is O=C1N(c2ccc(F)cc2)C(=O)C2(Cl)C(c3cccc(F)c3O)C3=CCn4c(=O)n(-c5ccccc5)c(=O)n4C3CC12Cl. The van der Waals surface area contributed by atoms with Gasteiger partial charge in [0.1, 0.15) is 5.82 Å². The van der Waals surface area contributed by atoms with Crippen LogP contribution in [0.4, 0.5) is 14.5 Å². The number of hydrogen-bond acceptors (Lipinski definition) is 5. The minimum Gasteiger partial charge on any atom is -0.505 e. The van der Waals surface area contributed by atoms with Crippen molar-refractivity contribution in [3.8, 4) is 11.4 Å². The van der Waals surface area contributed by atoms with Gasteiger partial charge < -0.3 is 5.11 Å². The maximum Gasteiger partial charge on any atom is 0.352 e. The highest BCUT2D eigenvalue weighted by Gasteiger charge is 2.76. The average Bonchev–Trinajstić information content (AvgIpc) is 3.34. The van der Waals surface area contributed by atoms with Gasteiger partial charge in [0, 0.05) is 17.9 Å². The largest absolute Gasteiger partial charge is 0.505 e. The summed E-state index contributed by atoms with van der Waals surface area (Å²) in [7, 11) is 0. The van der Waals surface area contributed by atoms with Crippen LogP contribution in [0.25, 0.3) is 5.69 Å². The molecular weight excluding hydrogens is 605 g/mol. The normalized spacial score (nSPS) is 26.1. The van der Waals surface area contributed by atoms with Crippen LogP contribution in [0.3, 0.4) is 0 Å². The van der Waals surface area contributed by atoms with Gasteiger partial charge in [0.05, 0.1) is 24.0 Å². The van der Waals surface area contributed by atoms with Crippen LogP contribution >= 0.6 is 23.2 Å². The van der Waals surface area contributed by atoms with E-state index in [2.05, 4.69) is 0 Å². The third-order valence-corrected chi connectivity index (χ3v) is 9.92. The Hall–Kier alpha value is -4.48. The first-order valence-electron chi connectivity index (χ1n) is 13.2. The molecule has 0 spiro atoms. The van der Waals surface area contributed by atoms with Gasteiger partial charge in [0.15, 0.2) is 21.3 Å². The number of aromatic hydroxyl groups is 1. The number of benzene rings is 3. The zero-order valence-electron chi connectivity index (χ0n) is 22.0. The summed E-state index contributed by atoms with van der Waals surface area (Å²) in [6.07, 6.45) is 1.17. The maximum absolute atomic E-state index is 14.8. The third kappa shape index (κ3) is 3.49. The van der Waals surface area contributed by atoms with Crippen molar-refractivity contribution in [2.75, 3.05) is 4.90 Å². The Kier molecular flexibility index (Phi) is 5.89. The average molecular weight is 625 g/mol. The van der Waals surface area contributed by atoms with E-state index in [9.17, 15) is 33.1 Å². The minimum atomic E-state index is -2.32. The quantitative estimate of drug-likeness (QED) is 0.211. The fraction of sp³-hybridized carbons (Fsp3) is 0.200. The summed E-state index contributed by atoms with van der Waals surface area (Å²) in [5, 5.41) is 10.9. The molecule has 3 aromatic carbocycles. The first kappa shape index (κ1) is 27.4. The smallest absolute Gasteiger partial charge is 0.352 e. The molecule has 2 fully saturated rings. The van der Waals surface area contributed by atoms with Crippen molar-refractivity contribution in [1.82, 2.24) is 13.9 Å². The van der Waals surface area contributed by atoms with Crippen LogP contribution in [0.15, 0.2) is 94.0 Å². The summed E-state index contributed by atoms with van der Waals surface area (Å²) in [6, 6.07) is 15.4. The number of fused-ring (bicyclic) bond motifs is 4. The number of para-hydroxylation sites is 2. The summed E-state index contributed by atoms with van der Waals surface area (Å²) in [5.74, 6) is -5.76. The van der Waals surface area contributed by atoms with Gasteiger partial charge >= 0.3 is 11.4 Å². The molecule has 1 saturated carbocycles. The molecule has 0 radical (unpaired) electrons. The lowest BCUT2D eigenvalue weighted by Gasteiger charge is -2.49. The minimum absolute atomic E-state index is 0.00526. The highest BCUT2D eigenvalue weighted by atomic mass is 35.5. The number of anilines is 1. The highest BCUT2D eigenvalue weighted by molar-refractivity contribution is 6.58. The predicted molar refractivity (Wildman–Crippen MR) is 153 cm³/mol. The van der Waals surface area contributed by atoms with Gasteiger partial charge in [-0.15, -0.1) is 23.2 Å². The van der Waals surface area contributed by atoms with Crippen molar-refractivity contribution >= 4 is 40.7 Å². The first-order chi connectivity index (χ1) is 20.5. The molecule has 9 nitrogen and oxygen atoms in total. The number of nitrogens with zero attached hydrogens (tertiary/aromatic N) is 4. The van der Waals surface area contributed by atoms with E-state index < -0.39 is 68.7 Å². The van der Waals surface area contributed by atoms with Crippen LogP contribution in [0.1, 0.15) is 23.9 Å². The molecule has 2 amide bonds. The summed E-state index contributed by atoms with van der Waals surface area (Å²) in [4.78, 5) is 51.9. The number of carbonyl (C=O) groups excluding carboxylic acids is 2. The number of phenols is 1. The van der Waals surface area contributed by atoms with Crippen molar-refractivity contribution < 1.29 is 23.5 Å². The van der Waals surface area contributed by atoms with Crippen molar-refractivity contribution in [3.05, 3.63) is 123 Å². The van der Waals surface area contributed by atoms with Crippen molar-refractivity contribution in [2.24, 2.45) is 0 Å². The third-order valence-electron chi connectivity index (χ3n) is 8.51. The van der Waals surface area contributed by atoms with Crippen LogP contribution in [-0.4, -0.2) is 40.6 Å². The summed E-state index contributed by atoms with van der Waals surface area (Å²) < 4.78 is 31.8. The number of imide groups is 1. The van der Waals surface area contributed by atoms with Crippen LogP contribution in [0, 0.1) is 11.6 Å². The number of amides is 2. The number of halogens is 4. The molecule has 218 valence electrons. The maximum atomic E-state index is 14.8. The van der Waals surface area contributed by atoms with Crippen molar-refractivity contribution in [1.29, 1.82) is 0 Å². The highest BCUT2D eigenvalue weighted by Crippen LogP contribution is 2.64. The van der Waals surface area contributed by atoms with Crippen LogP contribution in [0.5, 0.6) is 5.75 Å². The van der Waals surface area contributed by atoms with Gasteiger partial charge in [-0.3, -0.25) is 9.59 Å². The Balaban J connectivity index is 1.49. The van der Waals surface area contributed by atoms with Gasteiger partial charge in [0.2, 0.25) is 0 Å². The molecule has 3 heterocycles. The molecule has 43 heavy (non-hydrogen) atoms. The zero-order valence-corrected chi connectivity index (χ0v) is 23.5. The number of alkyl halides is 2. The van der Waals surface area contributed by atoms with E-state index in [0.717, 1.165) is 32.3 Å². The Bertz CT molecular complexity index is 2010. The number of rotatable bonds is 3. The van der Waals surface area contributed by atoms with E-state index in [4.69, 9.17) is 23.2 Å². The molecule has 1 saturated heterocycles. The van der Waals surface area contributed by atoms with Gasteiger partial charge in [-0.2, -0.15) is 0 Å².